The van der Waals surface area contributed by atoms with E-state index in [0.29, 0.717) is 11.7 Å². The van der Waals surface area contributed by atoms with Gasteiger partial charge in [0, 0.05) is 25.7 Å². The maximum Gasteiger partial charge on any atom is 0.435 e. The standard InChI is InChI=1S/C15H18F3N5/c1-22-11(7-12(20-22)15(16,17)18)14-9-6-8-4-3-5-10(19-8)13(9)21-23(14)2/h7-8,10,19H,3-6H2,1-2H3/t8-,10+/m1/s1. The average molecular weight is 325 g/mol. The Morgan fingerprint density at radius 1 is 1.17 bits per heavy atom. The van der Waals surface area contributed by atoms with Crippen molar-refractivity contribution in [3.05, 3.63) is 23.0 Å². The molecule has 0 radical (unpaired) electrons. The molecule has 4 rings (SSSR count). The lowest BCUT2D eigenvalue weighted by atomic mass is 9.84. The Morgan fingerprint density at radius 3 is 2.65 bits per heavy atom. The predicted molar refractivity (Wildman–Crippen MR) is 77.6 cm³/mol. The number of alkyl halides is 3. The number of fused-ring (bicyclic) bond motifs is 4. The molecule has 5 nitrogen and oxygen atoms in total. The van der Waals surface area contributed by atoms with Crippen LogP contribution in [0, 0.1) is 0 Å². The lowest BCUT2D eigenvalue weighted by Crippen LogP contribution is -2.42. The molecule has 2 atom stereocenters. The molecular weight excluding hydrogens is 307 g/mol. The average Bonchev–Trinajstić information content (AvgIpc) is 2.99. The van der Waals surface area contributed by atoms with E-state index in [2.05, 4.69) is 15.5 Å². The Morgan fingerprint density at radius 2 is 1.96 bits per heavy atom. The number of piperidine rings is 1. The first-order valence-corrected chi connectivity index (χ1v) is 7.78. The van der Waals surface area contributed by atoms with Crippen LogP contribution in [0.15, 0.2) is 6.07 Å². The highest BCUT2D eigenvalue weighted by atomic mass is 19.4. The summed E-state index contributed by atoms with van der Waals surface area (Å²) >= 11 is 0. The van der Waals surface area contributed by atoms with Gasteiger partial charge in [-0.2, -0.15) is 23.4 Å². The minimum absolute atomic E-state index is 0.216. The van der Waals surface area contributed by atoms with E-state index in [1.54, 1.807) is 18.8 Å². The second kappa shape index (κ2) is 4.83. The number of hydrogen-bond donors (Lipinski definition) is 1. The van der Waals surface area contributed by atoms with Crippen LogP contribution in [-0.4, -0.2) is 25.6 Å². The second-order valence-corrected chi connectivity index (χ2v) is 6.42. The number of halogens is 3. The molecule has 2 bridgehead atoms. The SMILES string of the molecule is Cn1nc(C(F)(F)F)cc1-c1c2c(nn1C)[C@@H]1CCC[C@H](C2)N1. The Bertz CT molecular complexity index is 758. The minimum atomic E-state index is -4.44. The van der Waals surface area contributed by atoms with Crippen LogP contribution < -0.4 is 5.32 Å². The number of rotatable bonds is 1. The molecular formula is C15H18F3N5. The van der Waals surface area contributed by atoms with E-state index in [4.69, 9.17) is 0 Å². The van der Waals surface area contributed by atoms with Gasteiger partial charge in [-0.05, 0) is 31.7 Å². The Kier molecular flexibility index (Phi) is 3.10. The highest BCUT2D eigenvalue weighted by Gasteiger charge is 2.38. The van der Waals surface area contributed by atoms with E-state index in [1.807, 2.05) is 0 Å². The first kappa shape index (κ1) is 14.7. The lowest BCUT2D eigenvalue weighted by molar-refractivity contribution is -0.141. The Hall–Kier alpha value is -1.83. The molecule has 4 heterocycles. The normalized spacial score (nSPS) is 23.9. The molecule has 0 spiro atoms. The van der Waals surface area contributed by atoms with Crippen molar-refractivity contribution in [3.63, 3.8) is 0 Å². The zero-order valence-electron chi connectivity index (χ0n) is 13.0. The lowest BCUT2D eigenvalue weighted by Gasteiger charge is -2.35. The summed E-state index contributed by atoms with van der Waals surface area (Å²) in [6.07, 6.45) is -0.339. The Balaban J connectivity index is 1.85. The topological polar surface area (TPSA) is 47.7 Å². The molecule has 2 aromatic rings. The van der Waals surface area contributed by atoms with Crippen LogP contribution in [0.4, 0.5) is 13.2 Å². The van der Waals surface area contributed by atoms with Crippen molar-refractivity contribution >= 4 is 0 Å². The van der Waals surface area contributed by atoms with Crippen LogP contribution in [0.1, 0.15) is 42.3 Å². The summed E-state index contributed by atoms with van der Waals surface area (Å²) in [6.45, 7) is 0. The molecule has 0 aliphatic carbocycles. The second-order valence-electron chi connectivity index (χ2n) is 6.42. The van der Waals surface area contributed by atoms with Gasteiger partial charge in [0.2, 0.25) is 0 Å². The monoisotopic (exact) mass is 325 g/mol. The zero-order valence-corrected chi connectivity index (χ0v) is 13.0. The summed E-state index contributed by atoms with van der Waals surface area (Å²) < 4.78 is 41.8. The smallest absolute Gasteiger partial charge is 0.305 e. The summed E-state index contributed by atoms with van der Waals surface area (Å²) in [4.78, 5) is 0. The summed E-state index contributed by atoms with van der Waals surface area (Å²) in [5.41, 5.74) is 2.41. The fourth-order valence-corrected chi connectivity index (χ4v) is 3.86. The van der Waals surface area contributed by atoms with Gasteiger partial charge in [0.25, 0.3) is 0 Å². The summed E-state index contributed by atoms with van der Waals surface area (Å²) in [5.74, 6) is 0. The van der Waals surface area contributed by atoms with Crippen LogP contribution >= 0.6 is 0 Å². The highest BCUT2D eigenvalue weighted by Crippen LogP contribution is 2.39. The van der Waals surface area contributed by atoms with Crippen molar-refractivity contribution in [1.82, 2.24) is 24.9 Å². The third-order valence-corrected chi connectivity index (χ3v) is 4.85. The van der Waals surface area contributed by atoms with Gasteiger partial charge < -0.3 is 5.32 Å². The third kappa shape index (κ3) is 2.27. The van der Waals surface area contributed by atoms with Crippen molar-refractivity contribution < 1.29 is 13.2 Å². The van der Waals surface area contributed by atoms with Crippen molar-refractivity contribution in [2.45, 2.75) is 43.9 Å². The quantitative estimate of drug-likeness (QED) is 0.877. The van der Waals surface area contributed by atoms with Crippen LogP contribution in [0.3, 0.4) is 0 Å². The van der Waals surface area contributed by atoms with Crippen molar-refractivity contribution in [2.75, 3.05) is 0 Å². The van der Waals surface area contributed by atoms with Crippen molar-refractivity contribution in [2.24, 2.45) is 14.1 Å². The van der Waals surface area contributed by atoms with Gasteiger partial charge in [0.05, 0.1) is 23.1 Å². The van der Waals surface area contributed by atoms with E-state index in [9.17, 15) is 13.2 Å². The van der Waals surface area contributed by atoms with Gasteiger partial charge >= 0.3 is 6.18 Å². The Labute approximate surface area is 131 Å². The van der Waals surface area contributed by atoms with Crippen LogP contribution in [-0.2, 0) is 26.7 Å². The molecule has 2 aliphatic rings. The molecule has 23 heavy (non-hydrogen) atoms. The number of aromatic nitrogens is 4. The molecule has 2 aromatic heterocycles. The number of nitrogens with zero attached hydrogens (tertiary/aromatic N) is 4. The maximum absolute atomic E-state index is 12.9. The first-order chi connectivity index (χ1) is 10.8. The maximum atomic E-state index is 12.9. The first-order valence-electron chi connectivity index (χ1n) is 7.78. The summed E-state index contributed by atoms with van der Waals surface area (Å²) in [7, 11) is 3.34. The molecule has 0 unspecified atom stereocenters. The predicted octanol–water partition coefficient (Wildman–Crippen LogP) is 2.58. The number of nitrogens with one attached hydrogen (secondary N) is 1. The van der Waals surface area contributed by atoms with E-state index < -0.39 is 11.9 Å². The molecule has 124 valence electrons. The highest BCUT2D eigenvalue weighted by molar-refractivity contribution is 5.63. The van der Waals surface area contributed by atoms with Gasteiger partial charge in [-0.1, -0.05) is 0 Å². The summed E-state index contributed by atoms with van der Waals surface area (Å²) in [5, 5.41) is 11.8. The fraction of sp³-hybridized carbons (Fsp3) is 0.600. The van der Waals surface area contributed by atoms with Gasteiger partial charge in [-0.15, -0.1) is 0 Å². The van der Waals surface area contributed by atoms with Gasteiger partial charge in [0.1, 0.15) is 0 Å². The van der Waals surface area contributed by atoms with Gasteiger partial charge in [-0.25, -0.2) is 0 Å². The molecule has 1 saturated heterocycles. The number of aryl methyl sites for hydroxylation is 2. The third-order valence-electron chi connectivity index (χ3n) is 4.85. The number of hydrogen-bond acceptors (Lipinski definition) is 3. The van der Waals surface area contributed by atoms with Crippen molar-refractivity contribution in [3.8, 4) is 11.4 Å². The minimum Gasteiger partial charge on any atom is -0.305 e. The van der Waals surface area contributed by atoms with E-state index >= 15 is 0 Å². The molecule has 0 saturated carbocycles. The van der Waals surface area contributed by atoms with Gasteiger partial charge in [0.15, 0.2) is 5.69 Å². The van der Waals surface area contributed by atoms with Gasteiger partial charge in [-0.3, -0.25) is 9.36 Å². The van der Waals surface area contributed by atoms with Crippen LogP contribution in [0.25, 0.3) is 11.4 Å². The zero-order chi connectivity index (χ0) is 16.4. The molecule has 8 heteroatoms. The van der Waals surface area contributed by atoms with Crippen LogP contribution in [0.5, 0.6) is 0 Å². The van der Waals surface area contributed by atoms with E-state index in [1.165, 1.54) is 4.68 Å². The van der Waals surface area contributed by atoms with E-state index in [-0.39, 0.29) is 6.04 Å². The molecule has 1 N–H and O–H groups in total. The molecule has 0 aromatic carbocycles. The van der Waals surface area contributed by atoms with Crippen LogP contribution in [0.2, 0.25) is 0 Å². The molecule has 2 aliphatic heterocycles. The molecule has 1 fully saturated rings. The largest absolute Gasteiger partial charge is 0.435 e. The summed E-state index contributed by atoms with van der Waals surface area (Å²) in [6, 6.07) is 1.72. The van der Waals surface area contributed by atoms with E-state index in [0.717, 1.165) is 48.7 Å². The van der Waals surface area contributed by atoms with Crippen molar-refractivity contribution in [1.29, 1.82) is 0 Å². The fourth-order valence-electron chi connectivity index (χ4n) is 3.86. The molecule has 0 amide bonds.